The fourth-order valence-corrected chi connectivity index (χ4v) is 2.90. The van der Waals surface area contributed by atoms with Crippen LogP contribution in [0.3, 0.4) is 0 Å². The Morgan fingerprint density at radius 1 is 0.600 bits per heavy atom. The molecule has 0 atom stereocenters. The third-order valence-corrected chi connectivity index (χ3v) is 4.60. The SMILES string of the molecule is CC(C)[n+]1ccc(-c2ccc(-c3cc[n+](C(C)(C)C)cc3)cc2)cc1. The molecule has 0 saturated heterocycles. The summed E-state index contributed by atoms with van der Waals surface area (Å²) in [6.45, 7) is 11.0. The van der Waals surface area contributed by atoms with E-state index in [0.717, 1.165) is 0 Å². The molecule has 0 unspecified atom stereocenters. The third kappa shape index (κ3) is 3.96. The lowest BCUT2D eigenvalue weighted by atomic mass is 10.0. The molecule has 2 aromatic heterocycles. The molecule has 0 aliphatic heterocycles. The minimum absolute atomic E-state index is 0.114. The largest absolute Gasteiger partial charge is 0.203 e. The van der Waals surface area contributed by atoms with Crippen molar-refractivity contribution >= 4 is 0 Å². The Morgan fingerprint density at radius 3 is 1.32 bits per heavy atom. The van der Waals surface area contributed by atoms with Crippen molar-refractivity contribution in [2.45, 2.75) is 46.2 Å². The van der Waals surface area contributed by atoms with Gasteiger partial charge in [-0.3, -0.25) is 0 Å². The molecule has 0 aliphatic carbocycles. The van der Waals surface area contributed by atoms with Crippen LogP contribution in [0.1, 0.15) is 40.7 Å². The molecule has 0 aliphatic rings. The second kappa shape index (κ2) is 6.79. The van der Waals surface area contributed by atoms with Crippen LogP contribution in [-0.2, 0) is 5.54 Å². The first-order valence-corrected chi connectivity index (χ1v) is 8.98. The molecule has 1 aromatic carbocycles. The molecular formula is C23H28N2+2. The van der Waals surface area contributed by atoms with E-state index in [1.165, 1.54) is 22.3 Å². The van der Waals surface area contributed by atoms with E-state index in [-0.39, 0.29) is 5.54 Å². The second-order valence-electron chi connectivity index (χ2n) is 7.87. The van der Waals surface area contributed by atoms with E-state index in [4.69, 9.17) is 0 Å². The smallest absolute Gasteiger partial charge is 0.169 e. The highest BCUT2D eigenvalue weighted by Crippen LogP contribution is 2.24. The average Bonchev–Trinajstić information content (AvgIpc) is 2.61. The number of hydrogen-bond donors (Lipinski definition) is 0. The topological polar surface area (TPSA) is 7.76 Å². The van der Waals surface area contributed by atoms with E-state index >= 15 is 0 Å². The fraction of sp³-hybridized carbons (Fsp3) is 0.304. The second-order valence-corrected chi connectivity index (χ2v) is 7.87. The molecule has 0 fully saturated rings. The molecule has 0 amide bonds. The quantitative estimate of drug-likeness (QED) is 0.601. The van der Waals surface area contributed by atoms with Crippen molar-refractivity contribution in [3.8, 4) is 22.3 Å². The van der Waals surface area contributed by atoms with Gasteiger partial charge in [-0.15, -0.1) is 0 Å². The van der Waals surface area contributed by atoms with E-state index in [2.05, 4.69) is 117 Å². The van der Waals surface area contributed by atoms with Gasteiger partial charge in [0.05, 0.1) is 0 Å². The molecule has 0 N–H and O–H groups in total. The van der Waals surface area contributed by atoms with Crippen LogP contribution in [0.25, 0.3) is 22.3 Å². The predicted octanol–water partition coefficient (Wildman–Crippen LogP) is 4.93. The van der Waals surface area contributed by atoms with Gasteiger partial charge >= 0.3 is 0 Å². The Balaban J connectivity index is 1.82. The summed E-state index contributed by atoms with van der Waals surface area (Å²) in [5.74, 6) is 0. The van der Waals surface area contributed by atoms with Crippen LogP contribution >= 0.6 is 0 Å². The number of pyridine rings is 2. The number of rotatable bonds is 3. The summed E-state index contributed by atoms with van der Waals surface area (Å²) in [7, 11) is 0. The Labute approximate surface area is 151 Å². The molecule has 2 heterocycles. The molecule has 2 nitrogen and oxygen atoms in total. The zero-order valence-corrected chi connectivity index (χ0v) is 15.9. The van der Waals surface area contributed by atoms with Gasteiger partial charge in [0.1, 0.15) is 0 Å². The molecule has 3 rings (SSSR count). The van der Waals surface area contributed by atoms with Gasteiger partial charge < -0.3 is 0 Å². The van der Waals surface area contributed by atoms with Crippen LogP contribution in [0.5, 0.6) is 0 Å². The number of nitrogens with zero attached hydrogens (tertiary/aromatic N) is 2. The lowest BCUT2D eigenvalue weighted by Gasteiger charge is -2.13. The number of hydrogen-bond acceptors (Lipinski definition) is 0. The summed E-state index contributed by atoms with van der Waals surface area (Å²) in [6, 6.07) is 18.1. The minimum atomic E-state index is 0.114. The Bertz CT molecular complexity index is 821. The third-order valence-electron chi connectivity index (χ3n) is 4.60. The first kappa shape index (κ1) is 17.3. The predicted molar refractivity (Wildman–Crippen MR) is 103 cm³/mol. The highest BCUT2D eigenvalue weighted by atomic mass is 15.0. The van der Waals surface area contributed by atoms with E-state index in [0.29, 0.717) is 6.04 Å². The lowest BCUT2D eigenvalue weighted by Crippen LogP contribution is -2.49. The van der Waals surface area contributed by atoms with Gasteiger partial charge in [-0.05, 0) is 36.1 Å². The fourth-order valence-electron chi connectivity index (χ4n) is 2.90. The van der Waals surface area contributed by atoms with Crippen LogP contribution in [0.15, 0.2) is 73.3 Å². The molecule has 0 saturated carbocycles. The summed E-state index contributed by atoms with van der Waals surface area (Å²) in [5.41, 5.74) is 5.11. The van der Waals surface area contributed by atoms with Gasteiger partial charge in [0.2, 0.25) is 0 Å². The van der Waals surface area contributed by atoms with Gasteiger partial charge in [0, 0.05) is 45.0 Å². The Kier molecular flexibility index (Phi) is 4.71. The molecule has 3 aromatic rings. The van der Waals surface area contributed by atoms with Crippen LogP contribution in [0.4, 0.5) is 0 Å². The normalized spacial score (nSPS) is 11.8. The minimum Gasteiger partial charge on any atom is -0.203 e. The molecule has 2 heteroatoms. The van der Waals surface area contributed by atoms with E-state index in [1.54, 1.807) is 0 Å². The van der Waals surface area contributed by atoms with Gasteiger partial charge in [-0.2, -0.15) is 0 Å². The molecule has 0 radical (unpaired) electrons. The van der Waals surface area contributed by atoms with Gasteiger partial charge in [0.15, 0.2) is 36.4 Å². The lowest BCUT2D eigenvalue weighted by molar-refractivity contribution is -0.754. The zero-order chi connectivity index (χ0) is 18.0. The highest BCUT2D eigenvalue weighted by molar-refractivity contribution is 5.69. The molecule has 0 spiro atoms. The van der Waals surface area contributed by atoms with E-state index < -0.39 is 0 Å². The molecule has 25 heavy (non-hydrogen) atoms. The number of aromatic nitrogens is 2. The van der Waals surface area contributed by atoms with Crippen molar-refractivity contribution in [2.75, 3.05) is 0 Å². The maximum absolute atomic E-state index is 2.23. The molecule has 0 bridgehead atoms. The van der Waals surface area contributed by atoms with E-state index in [1.807, 2.05) is 0 Å². The van der Waals surface area contributed by atoms with Crippen molar-refractivity contribution in [2.24, 2.45) is 0 Å². The summed E-state index contributed by atoms with van der Waals surface area (Å²) < 4.78 is 4.45. The Hall–Kier alpha value is -2.48. The van der Waals surface area contributed by atoms with Crippen molar-refractivity contribution < 1.29 is 9.13 Å². The maximum Gasteiger partial charge on any atom is 0.169 e. The summed E-state index contributed by atoms with van der Waals surface area (Å²) in [4.78, 5) is 0. The van der Waals surface area contributed by atoms with Crippen molar-refractivity contribution in [1.29, 1.82) is 0 Å². The summed E-state index contributed by atoms with van der Waals surface area (Å²) >= 11 is 0. The van der Waals surface area contributed by atoms with Crippen molar-refractivity contribution in [3.05, 3.63) is 73.3 Å². The van der Waals surface area contributed by atoms with Crippen molar-refractivity contribution in [3.63, 3.8) is 0 Å². The van der Waals surface area contributed by atoms with Crippen LogP contribution in [-0.4, -0.2) is 0 Å². The van der Waals surface area contributed by atoms with Crippen LogP contribution in [0, 0.1) is 0 Å². The van der Waals surface area contributed by atoms with Gasteiger partial charge in [-0.25, -0.2) is 9.13 Å². The highest BCUT2D eigenvalue weighted by Gasteiger charge is 2.20. The average molecular weight is 332 g/mol. The van der Waals surface area contributed by atoms with Crippen LogP contribution < -0.4 is 9.13 Å². The first-order valence-electron chi connectivity index (χ1n) is 8.98. The zero-order valence-electron chi connectivity index (χ0n) is 15.9. The van der Waals surface area contributed by atoms with Gasteiger partial charge in [-0.1, -0.05) is 24.3 Å². The van der Waals surface area contributed by atoms with Crippen molar-refractivity contribution in [1.82, 2.24) is 0 Å². The molecular weight excluding hydrogens is 304 g/mol. The number of benzene rings is 1. The standard InChI is InChI=1S/C23H28N2/c1-18(2)24-14-10-21(11-15-24)19-6-8-20(9-7-19)22-12-16-25(17-13-22)23(3,4)5/h6-18H,1-5H3/q+2. The Morgan fingerprint density at radius 2 is 0.960 bits per heavy atom. The van der Waals surface area contributed by atoms with E-state index in [9.17, 15) is 0 Å². The van der Waals surface area contributed by atoms with Crippen LogP contribution in [0.2, 0.25) is 0 Å². The monoisotopic (exact) mass is 332 g/mol. The maximum atomic E-state index is 2.23. The molecule has 128 valence electrons. The van der Waals surface area contributed by atoms with Gasteiger partial charge in [0.25, 0.3) is 0 Å². The summed E-state index contributed by atoms with van der Waals surface area (Å²) in [6.07, 6.45) is 8.61. The first-order chi connectivity index (χ1) is 11.8. The summed E-state index contributed by atoms with van der Waals surface area (Å²) in [5, 5.41) is 0.